The van der Waals surface area contributed by atoms with E-state index in [0.29, 0.717) is 0 Å². The highest BCUT2D eigenvalue weighted by Crippen LogP contribution is 2.52. The van der Waals surface area contributed by atoms with Gasteiger partial charge >= 0.3 is 0 Å². The Morgan fingerprint density at radius 2 is 0.792 bits per heavy atom. The van der Waals surface area contributed by atoms with Crippen molar-refractivity contribution < 1.29 is 0 Å². The maximum Gasteiger partial charge on any atom is 0.0159 e. The molecule has 0 atom stereocenters. The Kier molecular flexibility index (Phi) is 6.40. The van der Waals surface area contributed by atoms with E-state index in [4.69, 9.17) is 0 Å². The Labute approximate surface area is 309 Å². The molecule has 0 unspecified atom stereocenters. The highest BCUT2D eigenvalue weighted by Gasteiger charge is 2.35. The molecule has 0 aromatic heterocycles. The number of rotatable bonds is 3. The molecule has 1 aliphatic rings. The summed E-state index contributed by atoms with van der Waals surface area (Å²) in [5.74, 6) is 0. The van der Waals surface area contributed by atoms with Crippen LogP contribution in [0.3, 0.4) is 0 Å². The minimum absolute atomic E-state index is 0.0938. The first-order valence-corrected chi connectivity index (χ1v) is 18.7. The second kappa shape index (κ2) is 11.2. The molecule has 1 aliphatic carbocycles. The zero-order valence-electron chi connectivity index (χ0n) is 29.8. The molecule has 0 bridgehead atoms. The van der Waals surface area contributed by atoms with Crippen molar-refractivity contribution in [2.24, 2.45) is 0 Å². The second-order valence-corrected chi connectivity index (χ2v) is 15.2. The summed E-state index contributed by atoms with van der Waals surface area (Å²) in [7, 11) is 0. The Hall–Kier alpha value is -6.50. The first kappa shape index (κ1) is 30.2. The molecule has 0 radical (unpaired) electrons. The van der Waals surface area contributed by atoms with Crippen molar-refractivity contribution >= 4 is 53.9 Å². The summed E-state index contributed by atoms with van der Waals surface area (Å²) in [5, 5.41) is 12.7. The van der Waals surface area contributed by atoms with Crippen LogP contribution in [-0.2, 0) is 5.41 Å². The lowest BCUT2D eigenvalue weighted by Crippen LogP contribution is -2.14. The van der Waals surface area contributed by atoms with Gasteiger partial charge in [-0.05, 0) is 128 Å². The van der Waals surface area contributed by atoms with E-state index in [9.17, 15) is 0 Å². The minimum atomic E-state index is -0.0938. The lowest BCUT2D eigenvalue weighted by molar-refractivity contribution is 0.660. The van der Waals surface area contributed by atoms with E-state index in [-0.39, 0.29) is 5.41 Å². The van der Waals surface area contributed by atoms with Crippen LogP contribution in [0, 0.1) is 0 Å². The van der Waals surface area contributed by atoms with Gasteiger partial charge < -0.3 is 0 Å². The van der Waals surface area contributed by atoms with Gasteiger partial charge in [0.25, 0.3) is 0 Å². The lowest BCUT2D eigenvalue weighted by atomic mass is 9.79. The van der Waals surface area contributed by atoms with Crippen LogP contribution < -0.4 is 0 Å². The van der Waals surface area contributed by atoms with Crippen LogP contribution in [0.2, 0.25) is 0 Å². The highest BCUT2D eigenvalue weighted by atomic mass is 14.4. The quantitative estimate of drug-likeness (QED) is 0.164. The highest BCUT2D eigenvalue weighted by molar-refractivity contribution is 6.28. The molecule has 0 N–H and O–H groups in total. The number of hydrogen-bond donors (Lipinski definition) is 0. The van der Waals surface area contributed by atoms with Gasteiger partial charge in [0.1, 0.15) is 0 Å². The average molecular weight is 673 g/mol. The fraction of sp³-hybridized carbons (Fsp3) is 0.0566. The summed E-state index contributed by atoms with van der Waals surface area (Å²) in [6.45, 7) is 4.76. The third-order valence-electron chi connectivity index (χ3n) is 12.0. The van der Waals surface area contributed by atoms with Gasteiger partial charge in [-0.3, -0.25) is 0 Å². The van der Waals surface area contributed by atoms with Crippen LogP contribution in [0.5, 0.6) is 0 Å². The standard InChI is InChI=1S/C53H36/c1-53(2)48-25-12-11-21-42(48)43-28-27-37(32-49(43)53)50-44-22-9-10-23-45(44)52(51-40-19-7-4-15-34(40)30-35-16-5-8-20-41(35)51)46-29-26-36(31-47(46)50)39-24-13-17-33-14-3-6-18-38(33)39/h3-32H,1-2H3. The molecule has 10 aromatic carbocycles. The molecule has 248 valence electrons. The first-order chi connectivity index (χ1) is 26.1. The lowest BCUT2D eigenvalue weighted by Gasteiger charge is -2.24. The molecule has 0 heteroatoms. The molecule has 10 aromatic rings. The van der Waals surface area contributed by atoms with Gasteiger partial charge in [-0.2, -0.15) is 0 Å². The molecule has 0 heterocycles. The predicted molar refractivity (Wildman–Crippen MR) is 228 cm³/mol. The zero-order valence-corrected chi connectivity index (χ0v) is 29.8. The largest absolute Gasteiger partial charge is 0.0619 e. The fourth-order valence-electron chi connectivity index (χ4n) is 9.55. The van der Waals surface area contributed by atoms with Gasteiger partial charge in [-0.25, -0.2) is 0 Å². The molecule has 0 amide bonds. The summed E-state index contributed by atoms with van der Waals surface area (Å²) >= 11 is 0. The van der Waals surface area contributed by atoms with E-state index in [2.05, 4.69) is 196 Å². The zero-order chi connectivity index (χ0) is 35.3. The molecular formula is C53H36. The van der Waals surface area contributed by atoms with Gasteiger partial charge in [-0.15, -0.1) is 0 Å². The summed E-state index contributed by atoms with van der Waals surface area (Å²) in [5.41, 5.74) is 13.0. The van der Waals surface area contributed by atoms with Gasteiger partial charge in [0.2, 0.25) is 0 Å². The topological polar surface area (TPSA) is 0 Å². The van der Waals surface area contributed by atoms with Crippen LogP contribution in [0.25, 0.3) is 98.4 Å². The van der Waals surface area contributed by atoms with Crippen molar-refractivity contribution in [3.63, 3.8) is 0 Å². The molecular weight excluding hydrogens is 637 g/mol. The molecule has 0 saturated carbocycles. The van der Waals surface area contributed by atoms with Gasteiger partial charge in [0, 0.05) is 5.41 Å². The van der Waals surface area contributed by atoms with Crippen molar-refractivity contribution in [3.05, 3.63) is 193 Å². The Balaban J connectivity index is 1.30. The van der Waals surface area contributed by atoms with Crippen molar-refractivity contribution in [1.82, 2.24) is 0 Å². The fourth-order valence-corrected chi connectivity index (χ4v) is 9.55. The summed E-state index contributed by atoms with van der Waals surface area (Å²) in [4.78, 5) is 0. The molecule has 0 aliphatic heterocycles. The van der Waals surface area contributed by atoms with Crippen LogP contribution in [0.1, 0.15) is 25.0 Å². The van der Waals surface area contributed by atoms with Crippen LogP contribution in [0.15, 0.2) is 182 Å². The van der Waals surface area contributed by atoms with Crippen LogP contribution in [-0.4, -0.2) is 0 Å². The second-order valence-electron chi connectivity index (χ2n) is 15.2. The normalized spacial score (nSPS) is 13.2. The summed E-state index contributed by atoms with van der Waals surface area (Å²) < 4.78 is 0. The van der Waals surface area contributed by atoms with E-state index >= 15 is 0 Å². The smallest absolute Gasteiger partial charge is 0.0159 e. The first-order valence-electron chi connectivity index (χ1n) is 18.7. The van der Waals surface area contributed by atoms with E-state index in [1.165, 1.54) is 109 Å². The van der Waals surface area contributed by atoms with Crippen molar-refractivity contribution in [2.75, 3.05) is 0 Å². The Bertz CT molecular complexity index is 3080. The Morgan fingerprint density at radius 1 is 0.283 bits per heavy atom. The molecule has 53 heavy (non-hydrogen) atoms. The third-order valence-corrected chi connectivity index (χ3v) is 12.0. The van der Waals surface area contributed by atoms with E-state index in [1.54, 1.807) is 0 Å². The molecule has 0 nitrogen and oxygen atoms in total. The monoisotopic (exact) mass is 672 g/mol. The number of benzene rings is 10. The van der Waals surface area contributed by atoms with Gasteiger partial charge in [0.15, 0.2) is 0 Å². The van der Waals surface area contributed by atoms with Crippen molar-refractivity contribution in [1.29, 1.82) is 0 Å². The molecule has 0 saturated heterocycles. The van der Waals surface area contributed by atoms with Crippen LogP contribution in [0.4, 0.5) is 0 Å². The van der Waals surface area contributed by atoms with Crippen molar-refractivity contribution in [3.8, 4) is 44.5 Å². The number of fused-ring (bicyclic) bond motifs is 8. The maximum absolute atomic E-state index is 2.49. The van der Waals surface area contributed by atoms with E-state index < -0.39 is 0 Å². The molecule has 11 rings (SSSR count). The molecule has 0 spiro atoms. The van der Waals surface area contributed by atoms with Crippen molar-refractivity contribution in [2.45, 2.75) is 19.3 Å². The SMILES string of the molecule is CC1(C)c2ccccc2-c2ccc(-c3c4ccccc4c(-c4c5ccccc5cc5ccccc45)c4ccc(-c5cccc6ccccc56)cc34)cc21. The predicted octanol–water partition coefficient (Wildman–Crippen LogP) is 14.8. The van der Waals surface area contributed by atoms with Gasteiger partial charge in [0.05, 0.1) is 0 Å². The Morgan fingerprint density at radius 3 is 1.55 bits per heavy atom. The maximum atomic E-state index is 2.49. The minimum Gasteiger partial charge on any atom is -0.0619 e. The summed E-state index contributed by atoms with van der Waals surface area (Å²) in [6.07, 6.45) is 0. The average Bonchev–Trinajstić information content (AvgIpc) is 3.44. The van der Waals surface area contributed by atoms with Crippen LogP contribution >= 0.6 is 0 Å². The summed E-state index contributed by atoms with van der Waals surface area (Å²) in [6, 6.07) is 68.1. The third kappa shape index (κ3) is 4.36. The molecule has 0 fully saturated rings. The van der Waals surface area contributed by atoms with Gasteiger partial charge in [-0.1, -0.05) is 178 Å². The van der Waals surface area contributed by atoms with E-state index in [0.717, 1.165) is 0 Å². The van der Waals surface area contributed by atoms with E-state index in [1.807, 2.05) is 0 Å². The number of hydrogen-bond acceptors (Lipinski definition) is 0.